The Morgan fingerprint density at radius 1 is 1.15 bits per heavy atom. The Bertz CT molecular complexity index is 871. The van der Waals surface area contributed by atoms with Crippen LogP contribution in [-0.4, -0.2) is 31.7 Å². The van der Waals surface area contributed by atoms with Gasteiger partial charge in [0.25, 0.3) is 0 Å². The molecule has 1 aliphatic heterocycles. The third-order valence-corrected chi connectivity index (χ3v) is 4.89. The third-order valence-electron chi connectivity index (χ3n) is 4.89. The number of nitriles is 1. The van der Waals surface area contributed by atoms with Crippen molar-refractivity contribution in [2.24, 2.45) is 0 Å². The summed E-state index contributed by atoms with van der Waals surface area (Å²) < 4.78 is 10.7. The molecule has 0 bridgehead atoms. The molecule has 1 aliphatic rings. The summed E-state index contributed by atoms with van der Waals surface area (Å²) in [7, 11) is 3.23. The smallest absolute Gasteiger partial charge is 0.318 e. The van der Waals surface area contributed by atoms with Crippen LogP contribution in [0.25, 0.3) is 0 Å². The van der Waals surface area contributed by atoms with Crippen molar-refractivity contribution in [2.75, 3.05) is 20.8 Å². The number of carbonyl (C=O) groups is 1. The molecule has 0 aromatic heterocycles. The Balaban J connectivity index is 1.69. The van der Waals surface area contributed by atoms with Crippen LogP contribution >= 0.6 is 0 Å². The van der Waals surface area contributed by atoms with Gasteiger partial charge in [0, 0.05) is 13.1 Å². The molecule has 1 heterocycles. The molecule has 3 rings (SSSR count). The number of nitrogens with zero attached hydrogens (tertiary/aromatic N) is 2. The largest absolute Gasteiger partial charge is 0.493 e. The Kier molecular flexibility index (Phi) is 5.51. The molecule has 0 radical (unpaired) electrons. The number of nitrogens with one attached hydrogen (secondary N) is 1. The first-order valence-electron chi connectivity index (χ1n) is 8.85. The van der Waals surface area contributed by atoms with Crippen LogP contribution in [0.2, 0.25) is 0 Å². The topological polar surface area (TPSA) is 74.6 Å². The molecular formula is C21H23N3O3. The van der Waals surface area contributed by atoms with Crippen LogP contribution in [0.15, 0.2) is 36.4 Å². The molecule has 6 heteroatoms. The molecule has 27 heavy (non-hydrogen) atoms. The maximum atomic E-state index is 12.7. The number of hydrogen-bond donors (Lipinski definition) is 1. The second-order valence-electron chi connectivity index (χ2n) is 6.55. The highest BCUT2D eigenvalue weighted by Gasteiger charge is 2.24. The minimum atomic E-state index is -0.142. The zero-order chi connectivity index (χ0) is 19.4. The highest BCUT2D eigenvalue weighted by Crippen LogP contribution is 2.33. The predicted molar refractivity (Wildman–Crippen MR) is 102 cm³/mol. The molecule has 1 N–H and O–H groups in total. The summed E-state index contributed by atoms with van der Waals surface area (Å²) in [6.45, 7) is 3.11. The number of rotatable bonds is 4. The standard InChI is InChI=1S/C21H23N3O3/c1-14(16-6-4-15(12-22)5-7-16)23-21(25)24-9-8-17-10-19(26-2)20(27-3)11-18(17)13-24/h4-7,10-11,14H,8-9,13H2,1-3H3,(H,23,25). The molecule has 140 valence electrons. The fourth-order valence-electron chi connectivity index (χ4n) is 3.26. The molecule has 0 saturated heterocycles. The number of amides is 2. The van der Waals surface area contributed by atoms with Crippen molar-refractivity contribution in [1.82, 2.24) is 10.2 Å². The van der Waals surface area contributed by atoms with Gasteiger partial charge >= 0.3 is 6.03 Å². The van der Waals surface area contributed by atoms with Crippen LogP contribution < -0.4 is 14.8 Å². The lowest BCUT2D eigenvalue weighted by atomic mass is 9.99. The SMILES string of the molecule is COc1cc2c(cc1OC)CN(C(=O)NC(C)c1ccc(C#N)cc1)CC2. The summed E-state index contributed by atoms with van der Waals surface area (Å²) in [5.74, 6) is 1.38. The lowest BCUT2D eigenvalue weighted by molar-refractivity contribution is 0.189. The molecule has 2 aromatic rings. The number of fused-ring (bicyclic) bond motifs is 1. The lowest BCUT2D eigenvalue weighted by Crippen LogP contribution is -2.43. The van der Waals surface area contributed by atoms with E-state index in [-0.39, 0.29) is 12.1 Å². The van der Waals surface area contributed by atoms with Crippen molar-refractivity contribution >= 4 is 6.03 Å². The number of benzene rings is 2. The summed E-state index contributed by atoms with van der Waals surface area (Å²) in [4.78, 5) is 14.5. The van der Waals surface area contributed by atoms with E-state index in [2.05, 4.69) is 11.4 Å². The van der Waals surface area contributed by atoms with Crippen molar-refractivity contribution in [3.63, 3.8) is 0 Å². The Labute approximate surface area is 159 Å². The van der Waals surface area contributed by atoms with E-state index < -0.39 is 0 Å². The number of urea groups is 1. The van der Waals surface area contributed by atoms with Crippen molar-refractivity contribution in [1.29, 1.82) is 5.26 Å². The predicted octanol–water partition coefficient (Wildman–Crippen LogP) is 3.40. The van der Waals surface area contributed by atoms with Gasteiger partial charge in [-0.3, -0.25) is 0 Å². The van der Waals surface area contributed by atoms with Gasteiger partial charge in [-0.1, -0.05) is 12.1 Å². The Morgan fingerprint density at radius 2 is 1.78 bits per heavy atom. The van der Waals surface area contributed by atoms with E-state index in [0.29, 0.717) is 30.2 Å². The van der Waals surface area contributed by atoms with E-state index in [0.717, 1.165) is 17.5 Å². The van der Waals surface area contributed by atoms with Crippen molar-refractivity contribution in [3.05, 3.63) is 58.7 Å². The van der Waals surface area contributed by atoms with Crippen LogP contribution in [0.1, 0.15) is 35.2 Å². The van der Waals surface area contributed by atoms with E-state index in [1.54, 1.807) is 31.3 Å². The van der Waals surface area contributed by atoms with Gasteiger partial charge in [0.15, 0.2) is 11.5 Å². The maximum Gasteiger partial charge on any atom is 0.318 e. The summed E-state index contributed by atoms with van der Waals surface area (Å²) in [5.41, 5.74) is 3.82. The number of ether oxygens (including phenoxy) is 2. The highest BCUT2D eigenvalue weighted by atomic mass is 16.5. The second-order valence-corrected chi connectivity index (χ2v) is 6.55. The molecule has 0 aliphatic carbocycles. The maximum absolute atomic E-state index is 12.7. The zero-order valence-corrected chi connectivity index (χ0v) is 15.8. The van der Waals surface area contributed by atoms with Gasteiger partial charge in [-0.2, -0.15) is 5.26 Å². The van der Waals surface area contributed by atoms with Crippen LogP contribution in [0.5, 0.6) is 11.5 Å². The van der Waals surface area contributed by atoms with Crippen LogP contribution in [0, 0.1) is 11.3 Å². The fourth-order valence-corrected chi connectivity index (χ4v) is 3.26. The minimum absolute atomic E-state index is 0.104. The van der Waals surface area contributed by atoms with E-state index in [4.69, 9.17) is 14.7 Å². The van der Waals surface area contributed by atoms with Gasteiger partial charge in [0.1, 0.15) is 0 Å². The molecule has 0 spiro atoms. The molecule has 2 amide bonds. The fraction of sp³-hybridized carbons (Fsp3) is 0.333. The van der Waals surface area contributed by atoms with E-state index >= 15 is 0 Å². The van der Waals surface area contributed by atoms with Crippen molar-refractivity contribution in [3.8, 4) is 17.6 Å². The number of methoxy groups -OCH3 is 2. The molecule has 6 nitrogen and oxygen atoms in total. The molecule has 0 fully saturated rings. The van der Waals surface area contributed by atoms with Gasteiger partial charge in [0.2, 0.25) is 0 Å². The van der Waals surface area contributed by atoms with Gasteiger partial charge in [-0.05, 0) is 54.3 Å². The summed E-state index contributed by atoms with van der Waals surface area (Å²) in [6.07, 6.45) is 0.772. The lowest BCUT2D eigenvalue weighted by Gasteiger charge is -2.31. The number of carbonyl (C=O) groups excluding carboxylic acids is 1. The summed E-state index contributed by atoms with van der Waals surface area (Å²) in [5, 5.41) is 11.9. The Morgan fingerprint density at radius 3 is 2.37 bits per heavy atom. The molecule has 2 aromatic carbocycles. The van der Waals surface area contributed by atoms with Crippen molar-refractivity contribution < 1.29 is 14.3 Å². The normalized spacial score (nSPS) is 13.9. The van der Waals surface area contributed by atoms with Gasteiger partial charge in [-0.15, -0.1) is 0 Å². The van der Waals surface area contributed by atoms with Crippen LogP contribution in [0.3, 0.4) is 0 Å². The average Bonchev–Trinajstić information content (AvgIpc) is 2.72. The van der Waals surface area contributed by atoms with Crippen LogP contribution in [0.4, 0.5) is 4.79 Å². The second kappa shape index (κ2) is 8.00. The van der Waals surface area contributed by atoms with E-state index in [1.807, 2.05) is 31.2 Å². The quantitative estimate of drug-likeness (QED) is 0.901. The summed E-state index contributed by atoms with van der Waals surface area (Å²) in [6, 6.07) is 13.0. The first-order chi connectivity index (χ1) is 13.0. The first kappa shape index (κ1) is 18.6. The van der Waals surface area contributed by atoms with E-state index in [1.165, 1.54) is 5.56 Å². The molecule has 0 saturated carbocycles. The van der Waals surface area contributed by atoms with Crippen molar-refractivity contribution in [2.45, 2.75) is 25.9 Å². The minimum Gasteiger partial charge on any atom is -0.493 e. The third kappa shape index (κ3) is 3.98. The number of hydrogen-bond acceptors (Lipinski definition) is 4. The summed E-state index contributed by atoms with van der Waals surface area (Å²) >= 11 is 0. The average molecular weight is 365 g/mol. The highest BCUT2D eigenvalue weighted by molar-refractivity contribution is 5.75. The zero-order valence-electron chi connectivity index (χ0n) is 15.8. The monoisotopic (exact) mass is 365 g/mol. The van der Waals surface area contributed by atoms with Crippen LogP contribution in [-0.2, 0) is 13.0 Å². The first-order valence-corrected chi connectivity index (χ1v) is 8.85. The molecular weight excluding hydrogens is 342 g/mol. The van der Waals surface area contributed by atoms with Gasteiger partial charge in [-0.25, -0.2) is 4.79 Å². The van der Waals surface area contributed by atoms with E-state index in [9.17, 15) is 4.79 Å². The molecule has 1 unspecified atom stereocenters. The van der Waals surface area contributed by atoms with Gasteiger partial charge in [0.05, 0.1) is 31.9 Å². The van der Waals surface area contributed by atoms with Gasteiger partial charge < -0.3 is 19.7 Å². The molecule has 1 atom stereocenters. The Hall–Kier alpha value is -3.20.